The van der Waals surface area contributed by atoms with Gasteiger partial charge in [-0.15, -0.1) is 0 Å². The Morgan fingerprint density at radius 2 is 1.84 bits per heavy atom. The van der Waals surface area contributed by atoms with Crippen LogP contribution in [0.25, 0.3) is 0 Å². The van der Waals surface area contributed by atoms with E-state index in [0.29, 0.717) is 0 Å². The molecule has 1 unspecified atom stereocenters. The van der Waals surface area contributed by atoms with Gasteiger partial charge in [0.25, 0.3) is 0 Å². The first-order chi connectivity index (χ1) is 11.6. The molecule has 1 N–H and O–H groups in total. The number of alkyl halides is 2. The van der Waals surface area contributed by atoms with Gasteiger partial charge < -0.3 is 14.6 Å². The van der Waals surface area contributed by atoms with E-state index < -0.39 is 37.5 Å². The highest BCUT2D eigenvalue weighted by Crippen LogP contribution is 2.53. The number of benzene rings is 2. The summed E-state index contributed by atoms with van der Waals surface area (Å²) in [4.78, 5) is -0.693. The Hall–Kier alpha value is -1.78. The average Bonchev–Trinajstić information content (AvgIpc) is 2.67. The molecule has 1 aliphatic rings. The number of methoxy groups -OCH3 is 1. The van der Waals surface area contributed by atoms with Gasteiger partial charge in [-0.3, -0.25) is 0 Å². The lowest BCUT2D eigenvalue weighted by molar-refractivity contribution is -0.0379. The van der Waals surface area contributed by atoms with E-state index in [1.807, 2.05) is 0 Å². The molecule has 0 fully saturated rings. The molecule has 0 saturated heterocycles. The van der Waals surface area contributed by atoms with Gasteiger partial charge >= 0.3 is 5.25 Å². The van der Waals surface area contributed by atoms with E-state index in [4.69, 9.17) is 9.47 Å². The molecule has 2 aromatic carbocycles. The molecule has 1 aliphatic heterocycles. The Bertz CT molecular complexity index is 962. The molecule has 1 atom stereocenters. The number of fused-ring (bicyclic) bond motifs is 1. The molecule has 0 spiro atoms. The van der Waals surface area contributed by atoms with Crippen LogP contribution in [0.1, 0.15) is 11.7 Å². The molecule has 3 rings (SSSR count). The molecule has 0 aliphatic carbocycles. The molecule has 10 heteroatoms. The molecule has 25 heavy (non-hydrogen) atoms. The van der Waals surface area contributed by atoms with Gasteiger partial charge in [-0.05, 0) is 28.1 Å². The summed E-state index contributed by atoms with van der Waals surface area (Å²) in [6.07, 6.45) is -2.55. The summed E-state index contributed by atoms with van der Waals surface area (Å²) in [7, 11) is -3.68. The van der Waals surface area contributed by atoms with Crippen LogP contribution in [0.3, 0.4) is 0 Å². The summed E-state index contributed by atoms with van der Waals surface area (Å²) in [6, 6.07) is 5.54. The second-order valence-electron chi connectivity index (χ2n) is 5.19. The first-order valence-electron chi connectivity index (χ1n) is 6.75. The van der Waals surface area contributed by atoms with Gasteiger partial charge in [0, 0.05) is 23.8 Å². The lowest BCUT2D eigenvalue weighted by atomic mass is 10.1. The molecule has 2 aromatic rings. The number of rotatable bonds is 3. The molecule has 0 saturated carbocycles. The number of sulfone groups is 1. The molecule has 0 bridgehead atoms. The Labute approximate surface area is 149 Å². The van der Waals surface area contributed by atoms with E-state index in [1.54, 1.807) is 0 Å². The van der Waals surface area contributed by atoms with Crippen molar-refractivity contribution in [1.82, 2.24) is 0 Å². The predicted molar refractivity (Wildman–Crippen MR) is 84.3 cm³/mol. The maximum absolute atomic E-state index is 13.8. The second kappa shape index (κ2) is 5.89. The quantitative estimate of drug-likeness (QED) is 0.788. The Kier molecular flexibility index (Phi) is 4.25. The maximum atomic E-state index is 13.8. The zero-order chi connectivity index (χ0) is 18.6. The van der Waals surface area contributed by atoms with Crippen LogP contribution in [-0.2, 0) is 9.84 Å². The van der Waals surface area contributed by atoms with Gasteiger partial charge in [0.15, 0.2) is 6.10 Å². The van der Waals surface area contributed by atoms with Crippen LogP contribution in [0.15, 0.2) is 39.7 Å². The van der Waals surface area contributed by atoms with E-state index in [0.717, 1.165) is 24.3 Å². The number of ether oxygens (including phenoxy) is 2. The van der Waals surface area contributed by atoms with Crippen molar-refractivity contribution in [2.75, 3.05) is 7.11 Å². The Morgan fingerprint density at radius 3 is 2.48 bits per heavy atom. The predicted octanol–water partition coefficient (Wildman–Crippen LogP) is 3.80. The molecule has 134 valence electrons. The minimum atomic E-state index is -5.01. The molecule has 0 amide bonds. The Morgan fingerprint density at radius 1 is 1.20 bits per heavy atom. The second-order valence-corrected chi connectivity index (χ2v) is 7.97. The standard InChI is InChI=1S/C15H10BrF3O5S/c1-23-8-4-7(17)5-9(6-8)24-10-2-3-11-12(13(10)16)14(20)15(18,19)25(11,21)22/h2-6,14,20H,1H3. The summed E-state index contributed by atoms with van der Waals surface area (Å²) in [5, 5.41) is 5.40. The monoisotopic (exact) mass is 438 g/mol. The highest BCUT2D eigenvalue weighted by molar-refractivity contribution is 9.10. The normalized spacial score (nSPS) is 20.2. The molecular weight excluding hydrogens is 429 g/mol. The minimum Gasteiger partial charge on any atom is -0.497 e. The molecule has 5 nitrogen and oxygen atoms in total. The smallest absolute Gasteiger partial charge is 0.379 e. The third-order valence-corrected chi connectivity index (χ3v) is 6.35. The molecular formula is C15H10BrF3O5S. The number of hydrogen-bond acceptors (Lipinski definition) is 5. The van der Waals surface area contributed by atoms with Gasteiger partial charge in [-0.2, -0.15) is 8.78 Å². The average molecular weight is 439 g/mol. The van der Waals surface area contributed by atoms with E-state index in [9.17, 15) is 26.7 Å². The summed E-state index contributed by atoms with van der Waals surface area (Å²) in [5.41, 5.74) is -0.508. The molecule has 0 radical (unpaired) electrons. The zero-order valence-corrected chi connectivity index (χ0v) is 14.9. The fourth-order valence-electron chi connectivity index (χ4n) is 2.43. The third-order valence-electron chi connectivity index (χ3n) is 3.65. The van der Waals surface area contributed by atoms with Crippen LogP contribution in [0.2, 0.25) is 0 Å². The summed E-state index contributed by atoms with van der Waals surface area (Å²) in [6.45, 7) is 0. The summed E-state index contributed by atoms with van der Waals surface area (Å²) < 4.78 is 75.0. The van der Waals surface area contributed by atoms with Crippen LogP contribution < -0.4 is 9.47 Å². The lowest BCUT2D eigenvalue weighted by Gasteiger charge is -2.14. The van der Waals surface area contributed by atoms with Gasteiger partial charge in [-0.25, -0.2) is 12.8 Å². The van der Waals surface area contributed by atoms with Crippen molar-refractivity contribution in [2.45, 2.75) is 16.3 Å². The minimum absolute atomic E-state index is 0.000367. The van der Waals surface area contributed by atoms with Crippen molar-refractivity contribution in [3.63, 3.8) is 0 Å². The highest BCUT2D eigenvalue weighted by atomic mass is 79.9. The molecule has 0 aromatic heterocycles. The number of halogens is 4. The van der Waals surface area contributed by atoms with E-state index in [-0.39, 0.29) is 21.7 Å². The van der Waals surface area contributed by atoms with Crippen LogP contribution in [0, 0.1) is 5.82 Å². The van der Waals surface area contributed by atoms with E-state index in [1.165, 1.54) is 13.2 Å². The zero-order valence-electron chi connectivity index (χ0n) is 12.5. The van der Waals surface area contributed by atoms with Crippen LogP contribution in [-0.4, -0.2) is 25.9 Å². The third kappa shape index (κ3) is 2.68. The van der Waals surface area contributed by atoms with Gasteiger partial charge in [-0.1, -0.05) is 0 Å². The fourth-order valence-corrected chi connectivity index (χ4v) is 4.66. The summed E-state index contributed by atoms with van der Waals surface area (Å²) in [5.74, 6) is -0.555. The topological polar surface area (TPSA) is 72.8 Å². The van der Waals surface area contributed by atoms with Gasteiger partial charge in [0.1, 0.15) is 23.1 Å². The van der Waals surface area contributed by atoms with Crippen molar-refractivity contribution >= 4 is 25.8 Å². The molecule has 1 heterocycles. The van der Waals surface area contributed by atoms with Crippen molar-refractivity contribution in [3.8, 4) is 17.2 Å². The van der Waals surface area contributed by atoms with Crippen LogP contribution in [0.5, 0.6) is 17.2 Å². The fraction of sp³-hybridized carbons (Fsp3) is 0.200. The van der Waals surface area contributed by atoms with Crippen LogP contribution in [0.4, 0.5) is 13.2 Å². The van der Waals surface area contributed by atoms with Gasteiger partial charge in [0.05, 0.1) is 16.5 Å². The first kappa shape index (κ1) is 18.0. The van der Waals surface area contributed by atoms with E-state index >= 15 is 0 Å². The Balaban J connectivity index is 2.08. The maximum Gasteiger partial charge on any atom is 0.379 e. The first-order valence-corrected chi connectivity index (χ1v) is 9.02. The lowest BCUT2D eigenvalue weighted by Crippen LogP contribution is -2.28. The summed E-state index contributed by atoms with van der Waals surface area (Å²) >= 11 is 2.98. The van der Waals surface area contributed by atoms with Crippen molar-refractivity contribution in [2.24, 2.45) is 0 Å². The largest absolute Gasteiger partial charge is 0.497 e. The van der Waals surface area contributed by atoms with Crippen LogP contribution >= 0.6 is 15.9 Å². The number of aliphatic hydroxyl groups excluding tert-OH is 1. The van der Waals surface area contributed by atoms with Gasteiger partial charge in [0.2, 0.25) is 9.84 Å². The van der Waals surface area contributed by atoms with Crippen molar-refractivity contribution < 1.29 is 36.2 Å². The van der Waals surface area contributed by atoms with Crippen molar-refractivity contribution in [1.29, 1.82) is 0 Å². The number of aliphatic hydroxyl groups is 1. The highest BCUT2D eigenvalue weighted by Gasteiger charge is 2.61. The SMILES string of the molecule is COc1cc(F)cc(Oc2ccc3c(c2Br)C(O)C(F)(F)S3(=O)=O)c1. The number of hydrogen-bond donors (Lipinski definition) is 1. The van der Waals surface area contributed by atoms with Crippen molar-refractivity contribution in [3.05, 3.63) is 46.2 Å². The van der Waals surface area contributed by atoms with E-state index in [2.05, 4.69) is 15.9 Å².